The Morgan fingerprint density at radius 1 is 1.41 bits per heavy atom. The number of methoxy groups -OCH3 is 1. The minimum Gasteiger partial charge on any atom is -0.493 e. The molecule has 1 saturated heterocycles. The highest BCUT2D eigenvalue weighted by Gasteiger charge is 2.19. The summed E-state index contributed by atoms with van der Waals surface area (Å²) in [6.45, 7) is 3.49. The van der Waals surface area contributed by atoms with Crippen molar-refractivity contribution in [1.29, 1.82) is 0 Å². The highest BCUT2D eigenvalue weighted by Crippen LogP contribution is 2.36. The third-order valence-electron chi connectivity index (χ3n) is 3.80. The Labute approximate surface area is 163 Å². The van der Waals surface area contributed by atoms with Gasteiger partial charge in [0.25, 0.3) is 0 Å². The van der Waals surface area contributed by atoms with E-state index in [1.54, 1.807) is 12.1 Å². The van der Waals surface area contributed by atoms with Crippen LogP contribution in [0.4, 0.5) is 0 Å². The molecule has 148 valence electrons. The molecule has 0 aromatic heterocycles. The summed E-state index contributed by atoms with van der Waals surface area (Å²) in [6, 6.07) is 3.30. The highest BCUT2D eigenvalue weighted by molar-refractivity contribution is 6.35. The average molecular weight is 398 g/mol. The van der Waals surface area contributed by atoms with Gasteiger partial charge in [-0.2, -0.15) is 5.10 Å². The molecule has 0 unspecified atom stereocenters. The van der Waals surface area contributed by atoms with E-state index in [2.05, 4.69) is 15.8 Å². The minimum absolute atomic E-state index is 0.0340. The summed E-state index contributed by atoms with van der Waals surface area (Å²) in [6.07, 6.45) is 4.01. The molecule has 1 aliphatic rings. The summed E-state index contributed by atoms with van der Waals surface area (Å²) in [4.78, 5) is 23.5. The zero-order valence-electron chi connectivity index (χ0n) is 15.4. The molecule has 1 fully saturated rings. The van der Waals surface area contributed by atoms with Gasteiger partial charge in [-0.1, -0.05) is 18.5 Å². The summed E-state index contributed by atoms with van der Waals surface area (Å²) in [7, 11) is 1.51. The Kier molecular flexibility index (Phi) is 8.35. The topological polar surface area (TPSA) is 98.2 Å². The Morgan fingerprint density at radius 2 is 2.22 bits per heavy atom. The summed E-state index contributed by atoms with van der Waals surface area (Å²) < 4.78 is 16.2. The smallest absolute Gasteiger partial charge is 0.329 e. The minimum atomic E-state index is -0.856. The van der Waals surface area contributed by atoms with E-state index in [0.29, 0.717) is 41.8 Å². The van der Waals surface area contributed by atoms with Gasteiger partial charge in [0.05, 0.1) is 31.1 Å². The number of amides is 2. The van der Waals surface area contributed by atoms with Crippen LogP contribution in [-0.4, -0.2) is 51.0 Å². The molecule has 9 heteroatoms. The van der Waals surface area contributed by atoms with Gasteiger partial charge in [0, 0.05) is 13.2 Å². The van der Waals surface area contributed by atoms with Gasteiger partial charge in [0.1, 0.15) is 0 Å². The molecule has 0 aliphatic carbocycles. The predicted octanol–water partition coefficient (Wildman–Crippen LogP) is 1.88. The quantitative estimate of drug-likeness (QED) is 0.396. The molecule has 2 rings (SSSR count). The van der Waals surface area contributed by atoms with E-state index < -0.39 is 11.8 Å². The van der Waals surface area contributed by atoms with Crippen LogP contribution in [0.5, 0.6) is 11.5 Å². The van der Waals surface area contributed by atoms with Crippen LogP contribution < -0.4 is 20.2 Å². The number of hydrazone groups is 1. The second-order valence-electron chi connectivity index (χ2n) is 5.93. The molecule has 0 bridgehead atoms. The monoisotopic (exact) mass is 397 g/mol. The van der Waals surface area contributed by atoms with Crippen LogP contribution >= 0.6 is 11.6 Å². The third kappa shape index (κ3) is 6.41. The Balaban J connectivity index is 1.89. The number of carbonyl (C=O) groups excluding carboxylic acids is 2. The number of ether oxygens (including phenoxy) is 3. The number of halogens is 1. The maximum Gasteiger partial charge on any atom is 0.329 e. The lowest BCUT2D eigenvalue weighted by Gasteiger charge is -2.12. The standard InChI is InChI=1S/C18H24ClN3O5/c1-3-6-27-16-14(19)8-12(9-15(16)25-2)10-21-22-18(24)17(23)20-11-13-5-4-7-26-13/h8-10,13H,3-7,11H2,1-2H3,(H,20,23)(H,22,24)/b21-10-/t13-/m0/s1. The van der Waals surface area contributed by atoms with Crippen LogP contribution in [0.25, 0.3) is 0 Å². The maximum absolute atomic E-state index is 11.8. The van der Waals surface area contributed by atoms with Gasteiger partial charge in [-0.05, 0) is 37.0 Å². The first-order valence-electron chi connectivity index (χ1n) is 8.78. The Morgan fingerprint density at radius 3 is 2.89 bits per heavy atom. The molecule has 0 radical (unpaired) electrons. The lowest BCUT2D eigenvalue weighted by molar-refractivity contribution is -0.139. The van der Waals surface area contributed by atoms with Crippen molar-refractivity contribution in [3.63, 3.8) is 0 Å². The lowest BCUT2D eigenvalue weighted by atomic mass is 10.2. The second-order valence-corrected chi connectivity index (χ2v) is 6.33. The second kappa shape index (κ2) is 10.7. The van der Waals surface area contributed by atoms with Crippen molar-refractivity contribution in [2.75, 3.05) is 26.9 Å². The number of hydrogen-bond donors (Lipinski definition) is 2. The number of rotatable bonds is 8. The molecule has 2 N–H and O–H groups in total. The molecule has 0 spiro atoms. The van der Waals surface area contributed by atoms with Crippen molar-refractivity contribution in [2.45, 2.75) is 32.3 Å². The fourth-order valence-electron chi connectivity index (χ4n) is 2.47. The van der Waals surface area contributed by atoms with Crippen LogP contribution in [0.3, 0.4) is 0 Å². The number of benzene rings is 1. The van der Waals surface area contributed by atoms with Crippen molar-refractivity contribution in [3.05, 3.63) is 22.7 Å². The first-order chi connectivity index (χ1) is 13.0. The van der Waals surface area contributed by atoms with Crippen molar-refractivity contribution >= 4 is 29.6 Å². The van der Waals surface area contributed by atoms with Crippen LogP contribution in [-0.2, 0) is 14.3 Å². The Hall–Kier alpha value is -2.32. The molecule has 1 aromatic carbocycles. The van der Waals surface area contributed by atoms with Gasteiger partial charge in [0.15, 0.2) is 11.5 Å². The molecule has 1 atom stereocenters. The summed E-state index contributed by atoms with van der Waals surface area (Å²) in [5.41, 5.74) is 2.76. The maximum atomic E-state index is 11.8. The van der Waals surface area contributed by atoms with Crippen LogP contribution in [0, 0.1) is 0 Å². The molecule has 2 amide bonds. The number of hydrogen-bond acceptors (Lipinski definition) is 6. The van der Waals surface area contributed by atoms with Gasteiger partial charge >= 0.3 is 11.8 Å². The van der Waals surface area contributed by atoms with Gasteiger partial charge in [-0.15, -0.1) is 0 Å². The zero-order chi connectivity index (χ0) is 19.6. The van der Waals surface area contributed by atoms with Crippen LogP contribution in [0.2, 0.25) is 5.02 Å². The molecule has 1 heterocycles. The zero-order valence-corrected chi connectivity index (χ0v) is 16.2. The van der Waals surface area contributed by atoms with E-state index in [9.17, 15) is 9.59 Å². The summed E-state index contributed by atoms with van der Waals surface area (Å²) >= 11 is 6.21. The normalized spacial score (nSPS) is 16.3. The van der Waals surface area contributed by atoms with E-state index in [1.807, 2.05) is 6.92 Å². The van der Waals surface area contributed by atoms with E-state index in [-0.39, 0.29) is 6.10 Å². The molecule has 8 nitrogen and oxygen atoms in total. The largest absolute Gasteiger partial charge is 0.493 e. The number of carbonyl (C=O) groups is 2. The van der Waals surface area contributed by atoms with Crippen LogP contribution in [0.15, 0.2) is 17.2 Å². The Bertz CT molecular complexity index is 690. The fourth-order valence-corrected chi connectivity index (χ4v) is 2.74. The van der Waals surface area contributed by atoms with Crippen molar-refractivity contribution in [2.24, 2.45) is 5.10 Å². The lowest BCUT2D eigenvalue weighted by Crippen LogP contribution is -2.41. The summed E-state index contributed by atoms with van der Waals surface area (Å²) in [5, 5.41) is 6.66. The van der Waals surface area contributed by atoms with Gasteiger partial charge < -0.3 is 19.5 Å². The fraction of sp³-hybridized carbons (Fsp3) is 0.500. The van der Waals surface area contributed by atoms with Crippen molar-refractivity contribution in [3.8, 4) is 11.5 Å². The van der Waals surface area contributed by atoms with E-state index in [4.69, 9.17) is 25.8 Å². The number of nitrogens with one attached hydrogen (secondary N) is 2. The van der Waals surface area contributed by atoms with Crippen molar-refractivity contribution in [1.82, 2.24) is 10.7 Å². The molecule has 1 aliphatic heterocycles. The van der Waals surface area contributed by atoms with Crippen LogP contribution in [0.1, 0.15) is 31.7 Å². The van der Waals surface area contributed by atoms with Gasteiger partial charge in [-0.3, -0.25) is 9.59 Å². The molecular weight excluding hydrogens is 374 g/mol. The number of nitrogens with zero attached hydrogens (tertiary/aromatic N) is 1. The first-order valence-corrected chi connectivity index (χ1v) is 9.16. The van der Waals surface area contributed by atoms with E-state index in [1.165, 1.54) is 13.3 Å². The van der Waals surface area contributed by atoms with Gasteiger partial charge in [-0.25, -0.2) is 5.43 Å². The molecule has 1 aromatic rings. The first kappa shape index (κ1) is 21.0. The molecule has 27 heavy (non-hydrogen) atoms. The van der Waals surface area contributed by atoms with E-state index >= 15 is 0 Å². The van der Waals surface area contributed by atoms with Crippen molar-refractivity contribution < 1.29 is 23.8 Å². The third-order valence-corrected chi connectivity index (χ3v) is 4.08. The summed E-state index contributed by atoms with van der Waals surface area (Å²) in [5.74, 6) is -0.708. The van der Waals surface area contributed by atoms with Gasteiger partial charge in [0.2, 0.25) is 0 Å². The predicted molar refractivity (Wildman–Crippen MR) is 102 cm³/mol. The SMILES string of the molecule is CCCOc1c(Cl)cc(/C=N\NC(=O)C(=O)NC[C@@H]2CCCO2)cc1OC. The highest BCUT2D eigenvalue weighted by atomic mass is 35.5. The van der Waals surface area contributed by atoms with E-state index in [0.717, 1.165) is 19.3 Å². The molecule has 0 saturated carbocycles. The molecular formula is C18H24ClN3O5. The average Bonchev–Trinajstić information content (AvgIpc) is 3.18.